The Kier molecular flexibility index (Phi) is 3.88. The highest BCUT2D eigenvalue weighted by atomic mass is 15.3. The van der Waals surface area contributed by atoms with E-state index < -0.39 is 0 Å². The average molecular weight is 230 g/mol. The lowest BCUT2D eigenvalue weighted by molar-refractivity contribution is 0.614. The van der Waals surface area contributed by atoms with Crippen molar-refractivity contribution in [2.75, 3.05) is 0 Å². The fraction of sp³-hybridized carbons (Fsp3) is 0.385. The number of hydrogen-bond donors (Lipinski definition) is 1. The second kappa shape index (κ2) is 5.59. The molecule has 0 aliphatic heterocycles. The first-order valence-corrected chi connectivity index (χ1v) is 5.91. The third kappa shape index (κ3) is 3.14. The zero-order valence-corrected chi connectivity index (χ0v) is 10.3. The summed E-state index contributed by atoms with van der Waals surface area (Å²) in [6, 6.07) is 8.70. The number of nitrogens with one attached hydrogen (secondary N) is 1. The predicted octanol–water partition coefficient (Wildman–Crippen LogP) is 1.67. The zero-order chi connectivity index (χ0) is 12.1. The maximum Gasteiger partial charge on any atom is 0.140 e. The number of hydrogen-bond acceptors (Lipinski definition) is 3. The highest BCUT2D eigenvalue weighted by molar-refractivity contribution is 5.22. The molecule has 0 saturated heterocycles. The SMILES string of the molecule is CCc1ccc(CNCc2ncnn2C)cc1. The van der Waals surface area contributed by atoms with Crippen LogP contribution in [0.4, 0.5) is 0 Å². The minimum atomic E-state index is 0.742. The van der Waals surface area contributed by atoms with Crippen LogP contribution >= 0.6 is 0 Å². The molecule has 4 heteroatoms. The number of nitrogens with zero attached hydrogens (tertiary/aromatic N) is 3. The van der Waals surface area contributed by atoms with E-state index in [0.29, 0.717) is 0 Å². The van der Waals surface area contributed by atoms with Crippen LogP contribution in [0, 0.1) is 0 Å². The Balaban J connectivity index is 1.83. The molecule has 17 heavy (non-hydrogen) atoms. The van der Waals surface area contributed by atoms with Crippen LogP contribution in [0.25, 0.3) is 0 Å². The standard InChI is InChI=1S/C13H18N4/c1-3-11-4-6-12(7-5-11)8-14-9-13-15-10-16-17(13)2/h4-7,10,14H,3,8-9H2,1-2H3. The van der Waals surface area contributed by atoms with Gasteiger partial charge in [0.15, 0.2) is 0 Å². The number of benzene rings is 1. The van der Waals surface area contributed by atoms with Gasteiger partial charge < -0.3 is 5.32 Å². The smallest absolute Gasteiger partial charge is 0.140 e. The fourth-order valence-corrected chi connectivity index (χ4v) is 1.69. The summed E-state index contributed by atoms with van der Waals surface area (Å²) in [5.41, 5.74) is 2.67. The largest absolute Gasteiger partial charge is 0.306 e. The molecule has 0 aliphatic carbocycles. The van der Waals surface area contributed by atoms with Crippen LogP contribution in [-0.4, -0.2) is 14.8 Å². The molecule has 0 unspecified atom stereocenters. The molecule has 2 rings (SSSR count). The highest BCUT2D eigenvalue weighted by Gasteiger charge is 1.99. The molecule has 1 N–H and O–H groups in total. The topological polar surface area (TPSA) is 42.7 Å². The first-order chi connectivity index (χ1) is 8.29. The van der Waals surface area contributed by atoms with Crippen molar-refractivity contribution in [2.24, 2.45) is 7.05 Å². The van der Waals surface area contributed by atoms with Crippen molar-refractivity contribution in [3.8, 4) is 0 Å². The Morgan fingerprint density at radius 2 is 1.82 bits per heavy atom. The van der Waals surface area contributed by atoms with Gasteiger partial charge in [0.25, 0.3) is 0 Å². The predicted molar refractivity (Wildman–Crippen MR) is 67.4 cm³/mol. The van der Waals surface area contributed by atoms with Crippen LogP contribution in [0.1, 0.15) is 23.9 Å². The monoisotopic (exact) mass is 230 g/mol. The van der Waals surface area contributed by atoms with Gasteiger partial charge in [-0.2, -0.15) is 5.10 Å². The second-order valence-corrected chi connectivity index (χ2v) is 4.07. The van der Waals surface area contributed by atoms with E-state index in [1.165, 1.54) is 11.1 Å². The molecule has 0 radical (unpaired) electrons. The van der Waals surface area contributed by atoms with Crippen molar-refractivity contribution < 1.29 is 0 Å². The molecule has 0 spiro atoms. The fourth-order valence-electron chi connectivity index (χ4n) is 1.69. The Labute approximate surface area is 102 Å². The Morgan fingerprint density at radius 3 is 2.41 bits per heavy atom. The van der Waals surface area contributed by atoms with Crippen LogP contribution in [0.5, 0.6) is 0 Å². The number of aryl methyl sites for hydroxylation is 2. The van der Waals surface area contributed by atoms with Crippen LogP contribution < -0.4 is 5.32 Å². The molecule has 1 heterocycles. The molecule has 90 valence electrons. The first kappa shape index (κ1) is 11.8. The van der Waals surface area contributed by atoms with Gasteiger partial charge in [-0.25, -0.2) is 4.98 Å². The third-order valence-electron chi connectivity index (χ3n) is 2.85. The van der Waals surface area contributed by atoms with E-state index in [1.807, 2.05) is 7.05 Å². The molecule has 0 amide bonds. The summed E-state index contributed by atoms with van der Waals surface area (Å²) in [5.74, 6) is 0.954. The number of rotatable bonds is 5. The van der Waals surface area contributed by atoms with Crippen molar-refractivity contribution in [3.63, 3.8) is 0 Å². The van der Waals surface area contributed by atoms with Gasteiger partial charge in [-0.1, -0.05) is 31.2 Å². The molecule has 1 aromatic heterocycles. The number of aromatic nitrogens is 3. The summed E-state index contributed by atoms with van der Waals surface area (Å²) in [6.07, 6.45) is 2.67. The molecule has 0 saturated carbocycles. The van der Waals surface area contributed by atoms with Crippen molar-refractivity contribution in [1.29, 1.82) is 0 Å². The van der Waals surface area contributed by atoms with E-state index in [2.05, 4.69) is 46.6 Å². The van der Waals surface area contributed by atoms with E-state index in [9.17, 15) is 0 Å². The summed E-state index contributed by atoms with van der Waals surface area (Å²) in [7, 11) is 1.90. The lowest BCUT2D eigenvalue weighted by Gasteiger charge is -2.05. The van der Waals surface area contributed by atoms with Crippen molar-refractivity contribution in [3.05, 3.63) is 47.5 Å². The van der Waals surface area contributed by atoms with E-state index in [0.717, 1.165) is 25.3 Å². The van der Waals surface area contributed by atoms with Crippen molar-refractivity contribution in [1.82, 2.24) is 20.1 Å². The third-order valence-corrected chi connectivity index (χ3v) is 2.85. The summed E-state index contributed by atoms with van der Waals surface area (Å²) in [4.78, 5) is 4.16. The molecule has 1 aromatic carbocycles. The molecule has 0 aliphatic rings. The Hall–Kier alpha value is -1.68. The summed E-state index contributed by atoms with van der Waals surface area (Å²) < 4.78 is 1.78. The summed E-state index contributed by atoms with van der Waals surface area (Å²) in [6.45, 7) is 3.77. The molecule has 0 bridgehead atoms. The van der Waals surface area contributed by atoms with Gasteiger partial charge in [0.2, 0.25) is 0 Å². The maximum atomic E-state index is 4.16. The molecular formula is C13H18N4. The summed E-state index contributed by atoms with van der Waals surface area (Å²) >= 11 is 0. The Morgan fingerprint density at radius 1 is 1.12 bits per heavy atom. The van der Waals surface area contributed by atoms with Gasteiger partial charge in [0.05, 0.1) is 6.54 Å². The highest BCUT2D eigenvalue weighted by Crippen LogP contribution is 2.04. The van der Waals surface area contributed by atoms with Crippen LogP contribution in [0.3, 0.4) is 0 Å². The normalized spacial score (nSPS) is 10.7. The van der Waals surface area contributed by atoms with E-state index in [4.69, 9.17) is 0 Å². The van der Waals surface area contributed by atoms with Crippen LogP contribution in [-0.2, 0) is 26.6 Å². The van der Waals surface area contributed by atoms with E-state index in [-0.39, 0.29) is 0 Å². The van der Waals surface area contributed by atoms with Crippen molar-refractivity contribution >= 4 is 0 Å². The molecule has 0 atom stereocenters. The molecule has 0 fully saturated rings. The Bertz CT molecular complexity index is 459. The summed E-state index contributed by atoms with van der Waals surface area (Å²) in [5, 5.41) is 7.39. The lowest BCUT2D eigenvalue weighted by Crippen LogP contribution is -2.16. The first-order valence-electron chi connectivity index (χ1n) is 5.91. The quantitative estimate of drug-likeness (QED) is 0.849. The van der Waals surface area contributed by atoms with Gasteiger partial charge >= 0.3 is 0 Å². The lowest BCUT2D eigenvalue weighted by atomic mass is 10.1. The van der Waals surface area contributed by atoms with Crippen LogP contribution in [0.2, 0.25) is 0 Å². The van der Waals surface area contributed by atoms with Crippen molar-refractivity contribution in [2.45, 2.75) is 26.4 Å². The minimum Gasteiger partial charge on any atom is -0.306 e. The average Bonchev–Trinajstić information content (AvgIpc) is 2.76. The molecule has 2 aromatic rings. The maximum absolute atomic E-state index is 4.16. The van der Waals surface area contributed by atoms with E-state index >= 15 is 0 Å². The molecule has 4 nitrogen and oxygen atoms in total. The van der Waals surface area contributed by atoms with Gasteiger partial charge in [0.1, 0.15) is 12.2 Å². The zero-order valence-electron chi connectivity index (χ0n) is 10.3. The molecular weight excluding hydrogens is 212 g/mol. The van der Waals surface area contributed by atoms with Gasteiger partial charge in [-0.05, 0) is 17.5 Å². The minimum absolute atomic E-state index is 0.742. The van der Waals surface area contributed by atoms with Gasteiger partial charge in [-0.3, -0.25) is 4.68 Å². The van der Waals surface area contributed by atoms with Gasteiger partial charge in [-0.15, -0.1) is 0 Å². The van der Waals surface area contributed by atoms with E-state index in [1.54, 1.807) is 11.0 Å². The van der Waals surface area contributed by atoms with Crippen LogP contribution in [0.15, 0.2) is 30.6 Å². The second-order valence-electron chi connectivity index (χ2n) is 4.07. The van der Waals surface area contributed by atoms with Gasteiger partial charge in [0, 0.05) is 13.6 Å².